The second-order valence-electron chi connectivity index (χ2n) is 6.51. The van der Waals surface area contributed by atoms with Crippen LogP contribution >= 0.6 is 15.9 Å². The molecule has 3 aromatic rings. The molecular weight excluding hydrogens is 423 g/mol. The molecule has 4 rings (SSSR count). The van der Waals surface area contributed by atoms with Crippen molar-refractivity contribution in [3.05, 3.63) is 99.8 Å². The Morgan fingerprint density at radius 1 is 1.04 bits per heavy atom. The highest BCUT2D eigenvalue weighted by Gasteiger charge is 2.34. The lowest BCUT2D eigenvalue weighted by molar-refractivity contribution is -0.117. The van der Waals surface area contributed by atoms with Gasteiger partial charge in [-0.2, -0.15) is 0 Å². The average Bonchev–Trinajstić information content (AvgIpc) is 2.84. The fourth-order valence-electron chi connectivity index (χ4n) is 3.45. The van der Waals surface area contributed by atoms with Crippen molar-refractivity contribution in [2.24, 2.45) is 0 Å². The molecule has 0 aliphatic carbocycles. The third kappa shape index (κ3) is 3.43. The van der Waals surface area contributed by atoms with Crippen molar-refractivity contribution in [2.45, 2.75) is 6.04 Å². The minimum Gasteiger partial charge on any atom is -0.324 e. The Morgan fingerprint density at radius 2 is 1.75 bits per heavy atom. The quantitative estimate of drug-likeness (QED) is 0.626. The van der Waals surface area contributed by atoms with Crippen LogP contribution in [0.15, 0.2) is 77.3 Å². The summed E-state index contributed by atoms with van der Waals surface area (Å²) in [5.41, 5.74) is 2.28. The number of nitrogens with one attached hydrogen (secondary N) is 1. The number of halogens is 2. The van der Waals surface area contributed by atoms with Crippen molar-refractivity contribution in [3.8, 4) is 0 Å². The first-order valence-electron chi connectivity index (χ1n) is 8.74. The lowest BCUT2D eigenvalue weighted by atomic mass is 9.95. The fourth-order valence-corrected chi connectivity index (χ4v) is 3.90. The summed E-state index contributed by atoms with van der Waals surface area (Å²) in [5, 5.41) is 2.79. The Hall–Kier alpha value is -2.99. The Balaban J connectivity index is 1.91. The van der Waals surface area contributed by atoms with Crippen LogP contribution in [-0.2, 0) is 4.79 Å². The topological polar surface area (TPSA) is 49.4 Å². The number of fused-ring (bicyclic) bond motifs is 1. The Kier molecular flexibility index (Phi) is 4.96. The highest BCUT2D eigenvalue weighted by atomic mass is 79.9. The molecule has 3 aromatic carbocycles. The highest BCUT2D eigenvalue weighted by Crippen LogP contribution is 2.37. The van der Waals surface area contributed by atoms with E-state index in [0.717, 1.165) is 5.56 Å². The molecule has 1 N–H and O–H groups in total. The van der Waals surface area contributed by atoms with Crippen molar-refractivity contribution in [2.75, 3.05) is 11.9 Å². The SMILES string of the molecule is O=C1CN(C(=O)c2ccccc2Br)[C@H](c2ccccc2)c2cc(F)ccc2N1. The maximum absolute atomic E-state index is 14.1. The van der Waals surface area contributed by atoms with E-state index in [1.807, 2.05) is 36.4 Å². The lowest BCUT2D eigenvalue weighted by Gasteiger charge is -2.31. The van der Waals surface area contributed by atoms with Crippen LogP contribution in [0.25, 0.3) is 0 Å². The number of nitrogens with zero attached hydrogens (tertiary/aromatic N) is 1. The highest BCUT2D eigenvalue weighted by molar-refractivity contribution is 9.10. The third-order valence-corrected chi connectivity index (χ3v) is 5.38. The number of carbonyl (C=O) groups excluding carboxylic acids is 2. The molecule has 0 bridgehead atoms. The number of carbonyl (C=O) groups is 2. The molecule has 28 heavy (non-hydrogen) atoms. The van der Waals surface area contributed by atoms with Crippen molar-refractivity contribution in [1.82, 2.24) is 4.90 Å². The number of benzene rings is 3. The number of rotatable bonds is 2. The fraction of sp³-hybridized carbons (Fsp3) is 0.0909. The van der Waals surface area contributed by atoms with Gasteiger partial charge in [-0.3, -0.25) is 9.59 Å². The van der Waals surface area contributed by atoms with Crippen LogP contribution in [0.1, 0.15) is 27.5 Å². The number of hydrogen-bond donors (Lipinski definition) is 1. The predicted octanol–water partition coefficient (Wildman–Crippen LogP) is 4.77. The number of anilines is 1. The first-order valence-corrected chi connectivity index (χ1v) is 9.53. The first kappa shape index (κ1) is 18.4. The van der Waals surface area contributed by atoms with Crippen LogP contribution in [-0.4, -0.2) is 23.3 Å². The summed E-state index contributed by atoms with van der Waals surface area (Å²) in [7, 11) is 0. The van der Waals surface area contributed by atoms with Gasteiger partial charge in [0, 0.05) is 15.7 Å². The maximum Gasteiger partial charge on any atom is 0.256 e. The summed E-state index contributed by atoms with van der Waals surface area (Å²) >= 11 is 3.41. The molecule has 0 saturated carbocycles. The van der Waals surface area contributed by atoms with Crippen LogP contribution < -0.4 is 5.32 Å². The molecule has 1 heterocycles. The van der Waals surface area contributed by atoms with Crippen molar-refractivity contribution in [1.29, 1.82) is 0 Å². The zero-order valence-electron chi connectivity index (χ0n) is 14.7. The second kappa shape index (κ2) is 7.56. The van der Waals surface area contributed by atoms with E-state index >= 15 is 0 Å². The molecular formula is C22H16BrFN2O2. The van der Waals surface area contributed by atoms with Gasteiger partial charge in [-0.1, -0.05) is 42.5 Å². The molecule has 0 saturated heterocycles. The molecule has 6 heteroatoms. The Morgan fingerprint density at radius 3 is 2.50 bits per heavy atom. The van der Waals surface area contributed by atoms with E-state index in [1.54, 1.807) is 18.2 Å². The standard InChI is InChI=1S/C22H16BrFN2O2/c23-18-9-5-4-8-16(18)22(28)26-13-20(27)25-19-11-10-15(24)12-17(19)21(26)14-6-2-1-3-7-14/h1-12,21H,13H2,(H,25,27)/t21-/m1/s1. The van der Waals surface area contributed by atoms with E-state index in [2.05, 4.69) is 21.2 Å². The molecule has 0 aromatic heterocycles. The zero-order chi connectivity index (χ0) is 19.7. The Bertz CT molecular complexity index is 1060. The normalized spacial score (nSPS) is 16.1. The van der Waals surface area contributed by atoms with Gasteiger partial charge in [0.1, 0.15) is 12.4 Å². The minimum absolute atomic E-state index is 0.143. The van der Waals surface area contributed by atoms with Crippen LogP contribution in [0, 0.1) is 5.82 Å². The van der Waals surface area contributed by atoms with E-state index in [0.29, 0.717) is 21.3 Å². The lowest BCUT2D eigenvalue weighted by Crippen LogP contribution is -2.39. The molecule has 1 atom stereocenters. The zero-order valence-corrected chi connectivity index (χ0v) is 16.3. The summed E-state index contributed by atoms with van der Waals surface area (Å²) in [6.07, 6.45) is 0. The van der Waals surface area contributed by atoms with Crippen LogP contribution in [0.3, 0.4) is 0 Å². The van der Waals surface area contributed by atoms with E-state index in [-0.39, 0.29) is 18.4 Å². The van der Waals surface area contributed by atoms with Crippen LogP contribution in [0.5, 0.6) is 0 Å². The molecule has 2 amide bonds. The van der Waals surface area contributed by atoms with Gasteiger partial charge < -0.3 is 10.2 Å². The molecule has 140 valence electrons. The van der Waals surface area contributed by atoms with E-state index in [4.69, 9.17) is 0 Å². The predicted molar refractivity (Wildman–Crippen MR) is 108 cm³/mol. The monoisotopic (exact) mass is 438 g/mol. The van der Waals surface area contributed by atoms with Crippen molar-refractivity contribution in [3.63, 3.8) is 0 Å². The van der Waals surface area contributed by atoms with Gasteiger partial charge in [0.05, 0.1) is 11.6 Å². The van der Waals surface area contributed by atoms with E-state index < -0.39 is 11.9 Å². The van der Waals surface area contributed by atoms with E-state index in [1.165, 1.54) is 23.1 Å². The first-order chi connectivity index (χ1) is 13.5. The van der Waals surface area contributed by atoms with Crippen molar-refractivity contribution >= 4 is 33.4 Å². The second-order valence-corrected chi connectivity index (χ2v) is 7.36. The van der Waals surface area contributed by atoms with Gasteiger partial charge in [-0.15, -0.1) is 0 Å². The maximum atomic E-state index is 14.1. The summed E-state index contributed by atoms with van der Waals surface area (Å²) in [4.78, 5) is 27.4. The van der Waals surface area contributed by atoms with Crippen LogP contribution in [0.4, 0.5) is 10.1 Å². The molecule has 0 unspecified atom stereocenters. The largest absolute Gasteiger partial charge is 0.324 e. The molecule has 1 aliphatic rings. The van der Waals surface area contributed by atoms with Crippen molar-refractivity contribution < 1.29 is 14.0 Å². The van der Waals surface area contributed by atoms with Gasteiger partial charge in [-0.25, -0.2) is 4.39 Å². The average molecular weight is 439 g/mol. The summed E-state index contributed by atoms with van der Waals surface area (Å²) in [6, 6.07) is 20.0. The molecule has 1 aliphatic heterocycles. The molecule has 0 spiro atoms. The Labute approximate surface area is 170 Å². The van der Waals surface area contributed by atoms with Gasteiger partial charge >= 0.3 is 0 Å². The summed E-state index contributed by atoms with van der Waals surface area (Å²) in [6.45, 7) is -0.143. The number of hydrogen-bond acceptors (Lipinski definition) is 2. The van der Waals surface area contributed by atoms with E-state index in [9.17, 15) is 14.0 Å². The minimum atomic E-state index is -0.606. The summed E-state index contributed by atoms with van der Waals surface area (Å²) in [5.74, 6) is -1.07. The summed E-state index contributed by atoms with van der Waals surface area (Å²) < 4.78 is 14.7. The smallest absolute Gasteiger partial charge is 0.256 e. The molecule has 4 nitrogen and oxygen atoms in total. The number of amides is 2. The van der Waals surface area contributed by atoms with Gasteiger partial charge in [0.25, 0.3) is 5.91 Å². The van der Waals surface area contributed by atoms with Gasteiger partial charge in [0.2, 0.25) is 5.91 Å². The van der Waals surface area contributed by atoms with Crippen LogP contribution in [0.2, 0.25) is 0 Å². The van der Waals surface area contributed by atoms with Gasteiger partial charge in [-0.05, 0) is 51.8 Å². The molecule has 0 fully saturated rings. The molecule has 0 radical (unpaired) electrons. The van der Waals surface area contributed by atoms with Gasteiger partial charge in [0.15, 0.2) is 0 Å². The third-order valence-electron chi connectivity index (χ3n) is 4.69.